The Labute approximate surface area is 198 Å². The molecule has 1 aromatic heterocycles. The largest absolute Gasteiger partial charge is 0.335 e. The lowest BCUT2D eigenvalue weighted by Gasteiger charge is -2.27. The molecule has 33 heavy (non-hydrogen) atoms. The molecule has 0 saturated carbocycles. The van der Waals surface area contributed by atoms with Gasteiger partial charge in [-0.1, -0.05) is 60.3 Å². The van der Waals surface area contributed by atoms with Gasteiger partial charge in [-0.3, -0.25) is 5.32 Å². The smallest absolute Gasteiger partial charge is 0.280 e. The average Bonchev–Trinajstić information content (AvgIpc) is 3.22. The highest BCUT2D eigenvalue weighted by atomic mass is 32.2. The summed E-state index contributed by atoms with van der Waals surface area (Å²) in [6, 6.07) is 28.2. The maximum absolute atomic E-state index is 5.86. The van der Waals surface area contributed by atoms with Gasteiger partial charge in [-0.05, 0) is 54.3 Å². The third-order valence-electron chi connectivity index (χ3n) is 6.39. The van der Waals surface area contributed by atoms with Crippen LogP contribution in [0.15, 0.2) is 88.8 Å². The van der Waals surface area contributed by atoms with Gasteiger partial charge >= 0.3 is 0 Å². The van der Waals surface area contributed by atoms with Crippen molar-refractivity contribution in [3.8, 4) is 5.69 Å². The van der Waals surface area contributed by atoms with Gasteiger partial charge in [0.1, 0.15) is 11.2 Å². The molecule has 3 N–H and O–H groups in total. The first-order valence-electron chi connectivity index (χ1n) is 11.6. The fourth-order valence-corrected chi connectivity index (χ4v) is 6.15. The van der Waals surface area contributed by atoms with Crippen LogP contribution in [0.5, 0.6) is 0 Å². The lowest BCUT2D eigenvalue weighted by Crippen LogP contribution is -2.36. The molecule has 0 unspecified atom stereocenters. The van der Waals surface area contributed by atoms with E-state index in [9.17, 15) is 0 Å². The van der Waals surface area contributed by atoms with Crippen molar-refractivity contribution in [1.29, 1.82) is 0 Å². The Morgan fingerprint density at radius 1 is 1.00 bits per heavy atom. The Hall–Kier alpha value is -3.28. The number of aromatic nitrogens is 1. The second-order valence-corrected chi connectivity index (χ2v) is 9.55. The Morgan fingerprint density at radius 3 is 2.73 bits per heavy atom. The topological polar surface area (TPSA) is 45.2 Å². The van der Waals surface area contributed by atoms with Crippen LogP contribution in [0.1, 0.15) is 17.5 Å². The molecule has 0 atom stereocenters. The van der Waals surface area contributed by atoms with E-state index in [1.165, 1.54) is 50.5 Å². The molecule has 5 heteroatoms. The summed E-state index contributed by atoms with van der Waals surface area (Å²) in [6.07, 6.45) is 4.73. The van der Waals surface area contributed by atoms with E-state index in [0.717, 1.165) is 24.6 Å². The van der Waals surface area contributed by atoms with Gasteiger partial charge in [0.05, 0.1) is 17.3 Å². The molecule has 0 amide bonds. The molecule has 164 valence electrons. The minimum Gasteiger partial charge on any atom is -0.335 e. The zero-order chi connectivity index (χ0) is 22.2. The summed E-state index contributed by atoms with van der Waals surface area (Å²) in [7, 11) is 0. The zero-order valence-corrected chi connectivity index (χ0v) is 19.3. The summed E-state index contributed by atoms with van der Waals surface area (Å²) in [5.74, 6) is 1.05. The van der Waals surface area contributed by atoms with Crippen LogP contribution in [0.4, 0.5) is 11.5 Å². The number of nitrogens with two attached hydrogens (primary N) is 1. The van der Waals surface area contributed by atoms with Crippen molar-refractivity contribution < 1.29 is 4.57 Å². The Balaban J connectivity index is 1.54. The minimum atomic E-state index is 0.583. The number of hydrogen-bond acceptors (Lipinski definition) is 4. The van der Waals surface area contributed by atoms with Gasteiger partial charge in [-0.25, -0.2) is 0 Å². The molecule has 3 aromatic carbocycles. The van der Waals surface area contributed by atoms with Crippen molar-refractivity contribution >= 4 is 40.2 Å². The monoisotopic (exact) mass is 451 g/mol. The second kappa shape index (κ2) is 8.58. The van der Waals surface area contributed by atoms with E-state index in [1.807, 2.05) is 11.8 Å². The van der Waals surface area contributed by atoms with Crippen molar-refractivity contribution in [2.45, 2.75) is 17.7 Å². The van der Waals surface area contributed by atoms with Gasteiger partial charge in [0.15, 0.2) is 0 Å². The maximum atomic E-state index is 5.86. The number of rotatable bonds is 5. The lowest BCUT2D eigenvalue weighted by molar-refractivity contribution is -0.551. The summed E-state index contributed by atoms with van der Waals surface area (Å²) < 4.78 is 2.29. The molecular weight excluding hydrogens is 424 g/mol. The Kier molecular flexibility index (Phi) is 5.29. The number of nitrogens with zero attached hydrogens (tertiary/aromatic N) is 2. The number of thioether (sulfide) groups is 1. The summed E-state index contributed by atoms with van der Waals surface area (Å²) in [6.45, 7) is 2.38. The van der Waals surface area contributed by atoms with Crippen LogP contribution in [0.3, 0.4) is 0 Å². The third kappa shape index (κ3) is 3.58. The number of nitrogens with one attached hydrogen (secondary N) is 1. The average molecular weight is 452 g/mol. The molecule has 0 radical (unpaired) electrons. The normalized spacial score (nSPS) is 15.8. The van der Waals surface area contributed by atoms with E-state index in [1.54, 1.807) is 0 Å². The molecule has 4 aromatic rings. The van der Waals surface area contributed by atoms with Gasteiger partial charge in [0.25, 0.3) is 5.82 Å². The SMILES string of the molecule is NCCNc1cc(C=C2Sc3cccc4c3N2CCC4)c2ccccc2[n+]1-c1ccccc1. The number of pyridine rings is 1. The van der Waals surface area contributed by atoms with Gasteiger partial charge in [-0.15, -0.1) is 0 Å². The molecule has 0 aliphatic carbocycles. The first-order chi connectivity index (χ1) is 16.3. The summed E-state index contributed by atoms with van der Waals surface area (Å²) in [4.78, 5) is 3.89. The summed E-state index contributed by atoms with van der Waals surface area (Å²) in [5, 5.41) is 6.12. The summed E-state index contributed by atoms with van der Waals surface area (Å²) >= 11 is 1.89. The van der Waals surface area contributed by atoms with Crippen LogP contribution < -0.4 is 20.5 Å². The van der Waals surface area contributed by atoms with Gasteiger partial charge in [0, 0.05) is 29.4 Å². The Morgan fingerprint density at radius 2 is 1.85 bits per heavy atom. The predicted octanol–water partition coefficient (Wildman–Crippen LogP) is 5.34. The van der Waals surface area contributed by atoms with Crippen LogP contribution in [0.2, 0.25) is 0 Å². The van der Waals surface area contributed by atoms with E-state index < -0.39 is 0 Å². The van der Waals surface area contributed by atoms with E-state index >= 15 is 0 Å². The number of para-hydroxylation sites is 3. The number of hydrogen-bond donors (Lipinski definition) is 2. The second-order valence-electron chi connectivity index (χ2n) is 8.49. The van der Waals surface area contributed by atoms with Gasteiger partial charge in [0.2, 0.25) is 0 Å². The van der Waals surface area contributed by atoms with Gasteiger partial charge < -0.3 is 10.6 Å². The highest BCUT2D eigenvalue weighted by Crippen LogP contribution is 2.50. The molecule has 0 fully saturated rings. The fraction of sp³-hybridized carbons (Fsp3) is 0.179. The van der Waals surface area contributed by atoms with Crippen LogP contribution >= 0.6 is 11.8 Å². The van der Waals surface area contributed by atoms with Gasteiger partial charge in [-0.2, -0.15) is 4.57 Å². The fourth-order valence-electron chi connectivity index (χ4n) is 4.96. The van der Waals surface area contributed by atoms with Crippen LogP contribution in [-0.4, -0.2) is 19.6 Å². The zero-order valence-electron chi connectivity index (χ0n) is 18.5. The first kappa shape index (κ1) is 20.3. The number of aryl methyl sites for hydroxylation is 1. The highest BCUT2D eigenvalue weighted by Gasteiger charge is 2.30. The molecule has 3 heterocycles. The van der Waals surface area contributed by atoms with E-state index in [4.69, 9.17) is 5.73 Å². The van der Waals surface area contributed by atoms with Crippen molar-refractivity contribution in [2.24, 2.45) is 5.73 Å². The molecule has 0 bridgehead atoms. The third-order valence-corrected chi connectivity index (χ3v) is 7.49. The maximum Gasteiger partial charge on any atom is 0.280 e. The number of anilines is 2. The quantitative estimate of drug-likeness (QED) is 0.402. The summed E-state index contributed by atoms with van der Waals surface area (Å²) in [5.41, 5.74) is 12.3. The van der Waals surface area contributed by atoms with Crippen molar-refractivity contribution in [3.63, 3.8) is 0 Å². The highest BCUT2D eigenvalue weighted by molar-refractivity contribution is 8.03. The van der Waals surface area contributed by atoms with Crippen LogP contribution in [-0.2, 0) is 6.42 Å². The minimum absolute atomic E-state index is 0.583. The Bertz CT molecular complexity index is 1360. The molecule has 2 aliphatic rings. The van der Waals surface area contributed by atoms with Crippen molar-refractivity contribution in [3.05, 3.63) is 95.0 Å². The number of benzene rings is 3. The molecule has 2 aliphatic heterocycles. The van der Waals surface area contributed by atoms with Crippen LogP contribution in [0.25, 0.3) is 22.7 Å². The van der Waals surface area contributed by atoms with Crippen molar-refractivity contribution in [1.82, 2.24) is 0 Å². The van der Waals surface area contributed by atoms with Crippen LogP contribution in [0, 0.1) is 0 Å². The van der Waals surface area contributed by atoms with E-state index in [2.05, 4.69) is 99.7 Å². The molecule has 4 nitrogen and oxygen atoms in total. The molecule has 0 spiro atoms. The standard InChI is InChI=1S/C28H26N4S/c29-15-16-30-26-18-21(19-27-31-17-7-9-20-8-6-14-25(33-27)28(20)31)23-12-4-5-13-24(23)32(26)22-10-2-1-3-11-22/h1-6,8,10-14,18-19H,7,9,15-17,29H2/p+1. The van der Waals surface area contributed by atoms with E-state index in [0.29, 0.717) is 6.54 Å². The lowest BCUT2D eigenvalue weighted by atomic mass is 10.0. The van der Waals surface area contributed by atoms with E-state index in [-0.39, 0.29) is 0 Å². The predicted molar refractivity (Wildman–Crippen MR) is 139 cm³/mol. The first-order valence-corrected chi connectivity index (χ1v) is 12.4. The molecular formula is C28H27N4S+. The molecule has 0 saturated heterocycles. The molecule has 6 rings (SSSR count). The van der Waals surface area contributed by atoms with Crippen molar-refractivity contribution in [2.75, 3.05) is 29.9 Å². The number of fused-ring (bicyclic) bond motifs is 1.